The van der Waals surface area contributed by atoms with Gasteiger partial charge in [0, 0.05) is 23.9 Å². The normalized spacial score (nSPS) is 16.1. The van der Waals surface area contributed by atoms with Crippen molar-refractivity contribution >= 4 is 17.2 Å². The predicted molar refractivity (Wildman–Crippen MR) is 86.7 cm³/mol. The highest BCUT2D eigenvalue weighted by Gasteiger charge is 2.34. The van der Waals surface area contributed by atoms with Gasteiger partial charge in [0.2, 0.25) is 0 Å². The number of aryl methyl sites for hydroxylation is 1. The van der Waals surface area contributed by atoms with Gasteiger partial charge in [-0.2, -0.15) is 0 Å². The Hall–Kier alpha value is -2.09. The first-order chi connectivity index (χ1) is 11.8. The topological polar surface area (TPSA) is 42.4 Å². The van der Waals surface area contributed by atoms with Crippen LogP contribution in [0.3, 0.4) is 0 Å². The summed E-state index contributed by atoms with van der Waals surface area (Å²) in [7, 11) is 0. The monoisotopic (exact) mass is 369 g/mol. The number of para-hydroxylation sites is 1. The van der Waals surface area contributed by atoms with Crippen molar-refractivity contribution in [1.82, 2.24) is 9.88 Å². The number of nitrogens with zero attached hydrogens (tertiary/aromatic N) is 2. The standard InChI is InChI=1S/C17H16F3N2O2S/c1-11-10-21-15(25-11)12-6-8-22(9-7-12)16(23)13-4-2-3-5-14(13)24-17(18,19)20/h2-5,12H,6-9H2,1H3. The van der Waals surface area contributed by atoms with Gasteiger partial charge in [-0.25, -0.2) is 4.98 Å². The van der Waals surface area contributed by atoms with Gasteiger partial charge in [0.25, 0.3) is 5.91 Å². The number of ether oxygens (including phenoxy) is 1. The summed E-state index contributed by atoms with van der Waals surface area (Å²) in [6.45, 7) is 2.89. The third kappa shape index (κ3) is 4.31. The minimum atomic E-state index is -4.83. The van der Waals surface area contributed by atoms with Crippen LogP contribution in [0.5, 0.6) is 5.75 Å². The Morgan fingerprint density at radius 2 is 2.00 bits per heavy atom. The van der Waals surface area contributed by atoms with Crippen molar-refractivity contribution in [2.24, 2.45) is 0 Å². The van der Waals surface area contributed by atoms with Gasteiger partial charge in [0.05, 0.1) is 10.6 Å². The quantitative estimate of drug-likeness (QED) is 0.816. The number of halogens is 3. The van der Waals surface area contributed by atoms with Crippen LogP contribution in [0.4, 0.5) is 13.2 Å². The second kappa shape index (κ2) is 7.03. The molecule has 4 nitrogen and oxygen atoms in total. The van der Waals surface area contributed by atoms with Crippen molar-refractivity contribution in [2.75, 3.05) is 13.1 Å². The van der Waals surface area contributed by atoms with Crippen LogP contribution < -0.4 is 4.74 Å². The molecule has 25 heavy (non-hydrogen) atoms. The summed E-state index contributed by atoms with van der Waals surface area (Å²) in [6.07, 6.45) is -0.449. The molecule has 0 spiro atoms. The molecule has 3 rings (SSSR count). The van der Waals surface area contributed by atoms with Gasteiger partial charge in [-0.3, -0.25) is 4.79 Å². The lowest BCUT2D eigenvalue weighted by atomic mass is 9.97. The third-order valence-corrected chi connectivity index (χ3v) is 5.09. The zero-order valence-corrected chi connectivity index (χ0v) is 14.3. The van der Waals surface area contributed by atoms with Crippen LogP contribution in [0.1, 0.15) is 39.0 Å². The lowest BCUT2D eigenvalue weighted by Crippen LogP contribution is -2.38. The average molecular weight is 369 g/mol. The van der Waals surface area contributed by atoms with E-state index in [2.05, 4.69) is 15.9 Å². The van der Waals surface area contributed by atoms with Crippen molar-refractivity contribution in [1.29, 1.82) is 0 Å². The molecule has 0 atom stereocenters. The fourth-order valence-corrected chi connectivity index (χ4v) is 3.77. The molecule has 1 saturated heterocycles. The smallest absolute Gasteiger partial charge is 0.405 e. The summed E-state index contributed by atoms with van der Waals surface area (Å²) in [5.41, 5.74) is -0.0725. The maximum Gasteiger partial charge on any atom is 0.573 e. The van der Waals surface area contributed by atoms with Crippen molar-refractivity contribution < 1.29 is 22.7 Å². The second-order valence-electron chi connectivity index (χ2n) is 5.83. The maximum absolute atomic E-state index is 12.6. The number of piperidine rings is 1. The number of hydrogen-bond acceptors (Lipinski definition) is 4. The van der Waals surface area contributed by atoms with Gasteiger partial charge >= 0.3 is 6.36 Å². The van der Waals surface area contributed by atoms with Crippen LogP contribution in [0.25, 0.3) is 0 Å². The van der Waals surface area contributed by atoms with E-state index in [0.717, 1.165) is 28.8 Å². The molecule has 133 valence electrons. The minimum absolute atomic E-state index is 0.0725. The highest BCUT2D eigenvalue weighted by atomic mass is 32.1. The summed E-state index contributed by atoms with van der Waals surface area (Å²) in [4.78, 5) is 19.5. The highest BCUT2D eigenvalue weighted by molar-refractivity contribution is 7.11. The van der Waals surface area contributed by atoms with Crippen LogP contribution in [-0.2, 0) is 0 Å². The summed E-state index contributed by atoms with van der Waals surface area (Å²) in [5, 5.41) is 1.01. The molecular formula is C17H16F3N2O2S. The van der Waals surface area contributed by atoms with Crippen molar-refractivity contribution in [2.45, 2.75) is 32.0 Å². The molecule has 0 unspecified atom stereocenters. The molecule has 1 aliphatic heterocycles. The van der Waals surface area contributed by atoms with Gasteiger partial charge in [0.15, 0.2) is 0 Å². The molecule has 0 N–H and O–H groups in total. The summed E-state index contributed by atoms with van der Waals surface area (Å²) < 4.78 is 41.5. The zero-order valence-electron chi connectivity index (χ0n) is 13.5. The second-order valence-corrected chi connectivity index (χ2v) is 7.07. The fourth-order valence-electron chi connectivity index (χ4n) is 2.87. The zero-order chi connectivity index (χ0) is 18.0. The van der Waals surface area contributed by atoms with Crippen molar-refractivity contribution in [3.8, 4) is 5.75 Å². The van der Waals surface area contributed by atoms with E-state index in [-0.39, 0.29) is 11.5 Å². The summed E-state index contributed by atoms with van der Waals surface area (Å²) >= 11 is 1.59. The molecule has 0 aliphatic carbocycles. The van der Waals surface area contributed by atoms with E-state index in [1.165, 1.54) is 18.2 Å². The molecule has 1 radical (unpaired) electrons. The largest absolute Gasteiger partial charge is 0.573 e. The van der Waals surface area contributed by atoms with E-state index < -0.39 is 18.0 Å². The van der Waals surface area contributed by atoms with Crippen LogP contribution in [0, 0.1) is 13.1 Å². The van der Waals surface area contributed by atoms with E-state index in [9.17, 15) is 18.0 Å². The average Bonchev–Trinajstić information content (AvgIpc) is 3.00. The number of likely N-dealkylation sites (tertiary alicyclic amines) is 1. The lowest BCUT2D eigenvalue weighted by molar-refractivity contribution is -0.274. The van der Waals surface area contributed by atoms with E-state index in [4.69, 9.17) is 0 Å². The minimum Gasteiger partial charge on any atom is -0.405 e. The Morgan fingerprint density at radius 3 is 2.60 bits per heavy atom. The third-order valence-electron chi connectivity index (χ3n) is 4.06. The first-order valence-electron chi connectivity index (χ1n) is 7.82. The van der Waals surface area contributed by atoms with E-state index in [0.29, 0.717) is 13.1 Å². The Kier molecular flexibility index (Phi) is 4.99. The first kappa shape index (κ1) is 17.7. The van der Waals surface area contributed by atoms with Crippen LogP contribution >= 0.6 is 11.3 Å². The summed E-state index contributed by atoms with van der Waals surface area (Å²) in [6, 6.07) is 5.44. The van der Waals surface area contributed by atoms with Crippen LogP contribution in [-0.4, -0.2) is 35.2 Å². The molecule has 1 amide bonds. The highest BCUT2D eigenvalue weighted by Crippen LogP contribution is 2.32. The van der Waals surface area contributed by atoms with E-state index in [1.807, 2.05) is 6.92 Å². The number of carbonyl (C=O) groups excluding carboxylic acids is 1. The Morgan fingerprint density at radius 1 is 1.32 bits per heavy atom. The number of carbonyl (C=O) groups is 1. The molecule has 0 saturated carbocycles. The number of benzene rings is 1. The van der Waals surface area contributed by atoms with Crippen molar-refractivity contribution in [3.63, 3.8) is 0 Å². The summed E-state index contributed by atoms with van der Waals surface area (Å²) in [5.74, 6) is -0.645. The van der Waals surface area contributed by atoms with Gasteiger partial charge in [-0.1, -0.05) is 12.1 Å². The fraction of sp³-hybridized carbons (Fsp3) is 0.412. The molecule has 1 aliphatic rings. The maximum atomic E-state index is 12.6. The van der Waals surface area contributed by atoms with Crippen LogP contribution in [0.15, 0.2) is 24.3 Å². The molecule has 2 aromatic rings. The lowest BCUT2D eigenvalue weighted by Gasteiger charge is -2.31. The molecule has 1 fully saturated rings. The predicted octanol–water partition coefficient (Wildman–Crippen LogP) is 4.17. The number of alkyl halides is 3. The van der Waals surface area contributed by atoms with E-state index >= 15 is 0 Å². The number of hydrogen-bond donors (Lipinski definition) is 0. The molecule has 8 heteroatoms. The van der Waals surface area contributed by atoms with Gasteiger partial charge in [-0.15, -0.1) is 24.5 Å². The Balaban J connectivity index is 1.69. The molecule has 2 heterocycles. The Bertz CT molecular complexity index is 752. The van der Waals surface area contributed by atoms with Gasteiger partial charge in [0.1, 0.15) is 11.9 Å². The van der Waals surface area contributed by atoms with Gasteiger partial charge in [-0.05, 0) is 31.9 Å². The number of thiazole rings is 1. The Labute approximate surface area is 147 Å². The first-order valence-corrected chi connectivity index (χ1v) is 8.64. The number of rotatable bonds is 3. The molecule has 1 aromatic carbocycles. The SMILES string of the molecule is Cc1[c]nc(C2CCN(C(=O)c3ccccc3OC(F)(F)F)CC2)s1. The molecule has 1 aromatic heterocycles. The molecular weight excluding hydrogens is 353 g/mol. The van der Waals surface area contributed by atoms with E-state index in [1.54, 1.807) is 16.2 Å². The van der Waals surface area contributed by atoms with Crippen molar-refractivity contribution in [3.05, 3.63) is 45.9 Å². The van der Waals surface area contributed by atoms with Gasteiger partial charge < -0.3 is 9.64 Å². The number of amides is 1. The molecule has 0 bridgehead atoms. The van der Waals surface area contributed by atoms with Crippen LogP contribution in [0.2, 0.25) is 0 Å². The number of aromatic nitrogens is 1.